The molecule has 2 aromatic carbocycles. The predicted octanol–water partition coefficient (Wildman–Crippen LogP) is 3.99. The molecule has 0 radical (unpaired) electrons. The molecule has 6 heteroatoms. The zero-order valence-electron chi connectivity index (χ0n) is 18.6. The summed E-state index contributed by atoms with van der Waals surface area (Å²) < 4.78 is 12.6. The van der Waals surface area contributed by atoms with Gasteiger partial charge in [-0.3, -0.25) is 9.36 Å². The molecule has 1 aliphatic rings. The maximum atomic E-state index is 13.6. The van der Waals surface area contributed by atoms with Gasteiger partial charge in [-0.15, -0.1) is 0 Å². The Bertz CT molecular complexity index is 1170. The highest BCUT2D eigenvalue weighted by Gasteiger charge is 2.26. The molecule has 4 rings (SSSR count). The van der Waals surface area contributed by atoms with Gasteiger partial charge in [-0.2, -0.15) is 0 Å². The summed E-state index contributed by atoms with van der Waals surface area (Å²) in [5.41, 5.74) is 2.42. The van der Waals surface area contributed by atoms with E-state index in [1.807, 2.05) is 60.7 Å². The molecule has 2 N–H and O–H groups in total. The van der Waals surface area contributed by atoms with E-state index in [0.29, 0.717) is 17.6 Å². The first kappa shape index (κ1) is 22.3. The van der Waals surface area contributed by atoms with Crippen LogP contribution >= 0.6 is 0 Å². The number of nitrogens with zero attached hydrogens (tertiary/aromatic N) is 1. The van der Waals surface area contributed by atoms with Crippen molar-refractivity contribution < 1.29 is 19.7 Å². The zero-order valence-corrected chi connectivity index (χ0v) is 18.6. The summed E-state index contributed by atoms with van der Waals surface area (Å²) in [7, 11) is 1.61. The number of benzene rings is 2. The smallest absolute Gasteiger partial charge is 0.263 e. The number of aromatic nitrogens is 1. The second-order valence-corrected chi connectivity index (χ2v) is 8.45. The van der Waals surface area contributed by atoms with E-state index < -0.39 is 18.5 Å². The summed E-state index contributed by atoms with van der Waals surface area (Å²) in [5.74, 6) is 0.857. The summed E-state index contributed by atoms with van der Waals surface area (Å²) in [6.45, 7) is 4.21. The SMILES string of the molecule is COc1ccc(-n2c(/C=C/[C@@H]3C[C@@H](O)CC(O)O3)c(C(C)C)c3ccccc3c2=O)cc1. The van der Waals surface area contributed by atoms with Gasteiger partial charge >= 0.3 is 0 Å². The number of aliphatic hydroxyl groups excluding tert-OH is 2. The third-order valence-electron chi connectivity index (χ3n) is 5.85. The number of ether oxygens (including phenoxy) is 2. The third kappa shape index (κ3) is 4.35. The van der Waals surface area contributed by atoms with Gasteiger partial charge in [0.25, 0.3) is 5.56 Å². The molecule has 1 aliphatic heterocycles. The van der Waals surface area contributed by atoms with Crippen LogP contribution in [0.1, 0.15) is 43.9 Å². The number of hydrogen-bond acceptors (Lipinski definition) is 5. The fourth-order valence-electron chi connectivity index (χ4n) is 4.38. The van der Waals surface area contributed by atoms with Gasteiger partial charge in [-0.25, -0.2) is 0 Å². The molecule has 0 saturated carbocycles. The van der Waals surface area contributed by atoms with Crippen LogP contribution in [0.4, 0.5) is 0 Å². The van der Waals surface area contributed by atoms with Crippen LogP contribution in [0.3, 0.4) is 0 Å². The lowest BCUT2D eigenvalue weighted by Gasteiger charge is -2.28. The number of fused-ring (bicyclic) bond motifs is 1. The first-order chi connectivity index (χ1) is 15.4. The van der Waals surface area contributed by atoms with Crippen molar-refractivity contribution >= 4 is 16.8 Å². The van der Waals surface area contributed by atoms with Crippen LogP contribution in [-0.2, 0) is 4.74 Å². The van der Waals surface area contributed by atoms with Crippen molar-refractivity contribution in [2.45, 2.75) is 51.1 Å². The van der Waals surface area contributed by atoms with Crippen LogP contribution < -0.4 is 10.3 Å². The van der Waals surface area contributed by atoms with Gasteiger partial charge in [-0.1, -0.05) is 38.1 Å². The van der Waals surface area contributed by atoms with Crippen LogP contribution in [0.2, 0.25) is 0 Å². The average molecular weight is 436 g/mol. The standard InChI is InChI=1S/C26H29NO5/c1-16(2)25-21-6-4-5-7-22(21)26(30)27(17-8-10-19(31-3)11-9-17)23(25)13-12-20-14-18(28)15-24(29)32-20/h4-13,16,18,20,24,28-29H,14-15H2,1-3H3/b13-12+/t18-,20-,24?/m1/s1. The van der Waals surface area contributed by atoms with Crippen molar-refractivity contribution in [2.24, 2.45) is 0 Å². The number of pyridine rings is 1. The maximum absolute atomic E-state index is 13.6. The average Bonchev–Trinajstić information content (AvgIpc) is 2.77. The molecule has 0 bridgehead atoms. The summed E-state index contributed by atoms with van der Waals surface area (Å²) in [6.07, 6.45) is 2.22. The number of rotatable bonds is 5. The van der Waals surface area contributed by atoms with E-state index in [1.165, 1.54) is 0 Å². The van der Waals surface area contributed by atoms with Crippen molar-refractivity contribution in [1.82, 2.24) is 4.57 Å². The molecule has 168 valence electrons. The fraction of sp³-hybridized carbons (Fsp3) is 0.346. The number of aliphatic hydroxyl groups is 2. The van der Waals surface area contributed by atoms with Gasteiger partial charge in [0.05, 0.1) is 25.0 Å². The van der Waals surface area contributed by atoms with Gasteiger partial charge in [0.15, 0.2) is 6.29 Å². The van der Waals surface area contributed by atoms with E-state index in [-0.39, 0.29) is 17.9 Å². The highest BCUT2D eigenvalue weighted by molar-refractivity contribution is 5.88. The van der Waals surface area contributed by atoms with Gasteiger partial charge in [0.1, 0.15) is 5.75 Å². The molecular weight excluding hydrogens is 406 g/mol. The lowest BCUT2D eigenvalue weighted by Crippen LogP contribution is -2.34. The molecule has 2 heterocycles. The lowest BCUT2D eigenvalue weighted by atomic mass is 9.93. The molecular formula is C26H29NO5. The monoisotopic (exact) mass is 435 g/mol. The molecule has 3 aromatic rings. The number of hydrogen-bond donors (Lipinski definition) is 2. The van der Waals surface area contributed by atoms with Crippen LogP contribution in [0.5, 0.6) is 5.75 Å². The van der Waals surface area contributed by atoms with Crippen molar-refractivity contribution in [2.75, 3.05) is 7.11 Å². The molecule has 32 heavy (non-hydrogen) atoms. The van der Waals surface area contributed by atoms with Crippen molar-refractivity contribution in [1.29, 1.82) is 0 Å². The Kier molecular flexibility index (Phi) is 6.46. The van der Waals surface area contributed by atoms with Crippen LogP contribution in [0.15, 0.2) is 59.4 Å². The Balaban J connectivity index is 1.94. The molecule has 1 fully saturated rings. The molecule has 6 nitrogen and oxygen atoms in total. The maximum Gasteiger partial charge on any atom is 0.263 e. The minimum atomic E-state index is -1.00. The summed E-state index contributed by atoms with van der Waals surface area (Å²) in [4.78, 5) is 13.6. The Labute approximate surface area is 187 Å². The van der Waals surface area contributed by atoms with Crippen LogP contribution in [0, 0.1) is 0 Å². The summed E-state index contributed by atoms with van der Waals surface area (Å²) in [6, 6.07) is 15.0. The van der Waals surface area contributed by atoms with Crippen molar-refractivity contribution in [3.63, 3.8) is 0 Å². The van der Waals surface area contributed by atoms with E-state index >= 15 is 0 Å². The largest absolute Gasteiger partial charge is 0.497 e. The highest BCUT2D eigenvalue weighted by Crippen LogP contribution is 2.31. The van der Waals surface area contributed by atoms with E-state index in [4.69, 9.17) is 9.47 Å². The normalized spacial score (nSPS) is 21.5. The second kappa shape index (κ2) is 9.28. The van der Waals surface area contributed by atoms with Crippen molar-refractivity contribution in [3.05, 3.63) is 76.2 Å². The van der Waals surface area contributed by atoms with E-state index in [0.717, 1.165) is 22.3 Å². The Hall–Kier alpha value is -2.93. The molecule has 0 amide bonds. The van der Waals surface area contributed by atoms with Crippen molar-refractivity contribution in [3.8, 4) is 11.4 Å². The van der Waals surface area contributed by atoms with Gasteiger partial charge in [0, 0.05) is 23.9 Å². The quantitative estimate of drug-likeness (QED) is 0.633. The molecule has 0 spiro atoms. The minimum Gasteiger partial charge on any atom is -0.497 e. The lowest BCUT2D eigenvalue weighted by molar-refractivity contribution is -0.175. The predicted molar refractivity (Wildman–Crippen MR) is 125 cm³/mol. The van der Waals surface area contributed by atoms with E-state index in [9.17, 15) is 15.0 Å². The van der Waals surface area contributed by atoms with Crippen LogP contribution in [0.25, 0.3) is 22.5 Å². The molecule has 1 unspecified atom stereocenters. The van der Waals surface area contributed by atoms with Gasteiger partial charge < -0.3 is 19.7 Å². The highest BCUT2D eigenvalue weighted by atomic mass is 16.6. The molecule has 0 aliphatic carbocycles. The van der Waals surface area contributed by atoms with Crippen LogP contribution in [-0.4, -0.2) is 40.4 Å². The first-order valence-corrected chi connectivity index (χ1v) is 10.9. The van der Waals surface area contributed by atoms with E-state index in [1.54, 1.807) is 11.7 Å². The topological polar surface area (TPSA) is 80.9 Å². The second-order valence-electron chi connectivity index (χ2n) is 8.45. The molecule has 1 saturated heterocycles. The Morgan fingerprint density at radius 3 is 2.38 bits per heavy atom. The summed E-state index contributed by atoms with van der Waals surface area (Å²) >= 11 is 0. The number of methoxy groups -OCH3 is 1. The third-order valence-corrected chi connectivity index (χ3v) is 5.85. The van der Waals surface area contributed by atoms with Gasteiger partial charge in [0.2, 0.25) is 0 Å². The minimum absolute atomic E-state index is 0.112. The molecule has 3 atom stereocenters. The Morgan fingerprint density at radius 2 is 1.75 bits per heavy atom. The van der Waals surface area contributed by atoms with Gasteiger partial charge in [-0.05, 0) is 53.3 Å². The fourth-order valence-corrected chi connectivity index (χ4v) is 4.38. The summed E-state index contributed by atoms with van der Waals surface area (Å²) in [5, 5.41) is 21.5. The zero-order chi connectivity index (χ0) is 22.8. The molecule has 1 aromatic heterocycles. The van der Waals surface area contributed by atoms with E-state index in [2.05, 4.69) is 13.8 Å². The first-order valence-electron chi connectivity index (χ1n) is 10.9. The Morgan fingerprint density at radius 1 is 1.06 bits per heavy atom.